The fourth-order valence-electron chi connectivity index (χ4n) is 4.39. The minimum absolute atomic E-state index is 0.185. The normalized spacial score (nSPS) is 40.4. The van der Waals surface area contributed by atoms with Crippen molar-refractivity contribution >= 4 is 5.78 Å². The minimum atomic E-state index is 0.185. The highest BCUT2D eigenvalue weighted by Gasteiger charge is 2.53. The van der Waals surface area contributed by atoms with Crippen LogP contribution >= 0.6 is 0 Å². The zero-order valence-corrected chi connectivity index (χ0v) is 8.98. The van der Waals surface area contributed by atoms with Crippen LogP contribution in [0.1, 0.15) is 64.2 Å². The Morgan fingerprint density at radius 1 is 0.857 bits per heavy atom. The van der Waals surface area contributed by atoms with Crippen molar-refractivity contribution in [3.05, 3.63) is 0 Å². The Bertz CT molecular complexity index is 262. The molecular formula is C13H20O. The van der Waals surface area contributed by atoms with Crippen LogP contribution in [0.4, 0.5) is 0 Å². The predicted molar refractivity (Wildman–Crippen MR) is 56.0 cm³/mol. The number of Topliss-reactive ketones (excluding diaryl/α,β-unsaturated/α-hetero) is 1. The van der Waals surface area contributed by atoms with Gasteiger partial charge in [0.05, 0.1) is 0 Å². The monoisotopic (exact) mass is 192 g/mol. The molecule has 1 atom stereocenters. The highest BCUT2D eigenvalue weighted by atomic mass is 16.1. The van der Waals surface area contributed by atoms with Gasteiger partial charge in [0.2, 0.25) is 0 Å². The van der Waals surface area contributed by atoms with Crippen LogP contribution in [0.25, 0.3) is 0 Å². The van der Waals surface area contributed by atoms with E-state index in [4.69, 9.17) is 0 Å². The SMILES string of the molecule is O=C1CCCC12CCC1(CCCC1)C2. The number of rotatable bonds is 0. The summed E-state index contributed by atoms with van der Waals surface area (Å²) >= 11 is 0. The third-order valence-corrected chi connectivity index (χ3v) is 5.16. The maximum Gasteiger partial charge on any atom is 0.139 e. The van der Waals surface area contributed by atoms with Crippen LogP contribution in [-0.2, 0) is 4.79 Å². The van der Waals surface area contributed by atoms with Crippen LogP contribution in [0.15, 0.2) is 0 Å². The molecule has 0 bridgehead atoms. The molecule has 0 heterocycles. The molecule has 1 nitrogen and oxygen atoms in total. The Hall–Kier alpha value is -0.330. The van der Waals surface area contributed by atoms with Crippen LogP contribution in [0.2, 0.25) is 0 Å². The standard InChI is InChI=1S/C13H20O/c14-11-4-3-7-13(11)9-8-12(10-13)5-1-2-6-12/h1-10H2. The Labute approximate surface area is 86.3 Å². The molecule has 0 amide bonds. The number of carbonyl (C=O) groups is 1. The average molecular weight is 192 g/mol. The third kappa shape index (κ3) is 1.11. The first-order valence-electron chi connectivity index (χ1n) is 6.28. The van der Waals surface area contributed by atoms with E-state index in [1.165, 1.54) is 57.8 Å². The molecule has 0 N–H and O–H groups in total. The Balaban J connectivity index is 1.83. The molecule has 3 saturated carbocycles. The van der Waals surface area contributed by atoms with Gasteiger partial charge in [-0.25, -0.2) is 0 Å². The van der Waals surface area contributed by atoms with Crippen LogP contribution in [0.3, 0.4) is 0 Å². The molecule has 0 aromatic heterocycles. The maximum atomic E-state index is 11.9. The van der Waals surface area contributed by atoms with Crippen molar-refractivity contribution < 1.29 is 4.79 Å². The fourth-order valence-corrected chi connectivity index (χ4v) is 4.39. The van der Waals surface area contributed by atoms with E-state index in [9.17, 15) is 4.79 Å². The van der Waals surface area contributed by atoms with E-state index in [-0.39, 0.29) is 5.41 Å². The van der Waals surface area contributed by atoms with Gasteiger partial charge in [0, 0.05) is 11.8 Å². The average Bonchev–Trinajstić information content (AvgIpc) is 2.84. The van der Waals surface area contributed by atoms with E-state index in [2.05, 4.69) is 0 Å². The van der Waals surface area contributed by atoms with Gasteiger partial charge in [-0.05, 0) is 50.4 Å². The summed E-state index contributed by atoms with van der Waals surface area (Å²) in [5, 5.41) is 0. The van der Waals surface area contributed by atoms with Crippen molar-refractivity contribution in [1.82, 2.24) is 0 Å². The van der Waals surface area contributed by atoms with Gasteiger partial charge < -0.3 is 0 Å². The first-order chi connectivity index (χ1) is 6.75. The second kappa shape index (κ2) is 2.84. The smallest absolute Gasteiger partial charge is 0.139 e. The second-order valence-electron chi connectivity index (χ2n) is 5.94. The molecule has 78 valence electrons. The van der Waals surface area contributed by atoms with Gasteiger partial charge in [-0.15, -0.1) is 0 Å². The van der Waals surface area contributed by atoms with Crippen LogP contribution in [-0.4, -0.2) is 5.78 Å². The summed E-state index contributed by atoms with van der Waals surface area (Å²) in [6.07, 6.45) is 12.8. The van der Waals surface area contributed by atoms with Crippen molar-refractivity contribution in [3.8, 4) is 0 Å². The summed E-state index contributed by atoms with van der Waals surface area (Å²) in [4.78, 5) is 11.9. The molecule has 2 spiro atoms. The van der Waals surface area contributed by atoms with Crippen molar-refractivity contribution in [3.63, 3.8) is 0 Å². The lowest BCUT2D eigenvalue weighted by molar-refractivity contribution is -0.125. The van der Waals surface area contributed by atoms with E-state index in [1.54, 1.807) is 0 Å². The second-order valence-corrected chi connectivity index (χ2v) is 5.94. The van der Waals surface area contributed by atoms with Crippen LogP contribution < -0.4 is 0 Å². The number of ketones is 1. The molecule has 3 aliphatic carbocycles. The molecule has 14 heavy (non-hydrogen) atoms. The molecule has 1 heteroatoms. The maximum absolute atomic E-state index is 11.9. The molecule has 0 aliphatic heterocycles. The molecule has 0 aromatic rings. The molecule has 0 radical (unpaired) electrons. The summed E-state index contributed by atoms with van der Waals surface area (Å²) in [6, 6.07) is 0. The van der Waals surface area contributed by atoms with E-state index in [1.807, 2.05) is 0 Å². The molecule has 0 saturated heterocycles. The first-order valence-corrected chi connectivity index (χ1v) is 6.28. The predicted octanol–water partition coefficient (Wildman–Crippen LogP) is 3.47. The molecule has 1 unspecified atom stereocenters. The van der Waals surface area contributed by atoms with E-state index in [0.29, 0.717) is 11.2 Å². The molecule has 3 fully saturated rings. The van der Waals surface area contributed by atoms with Crippen molar-refractivity contribution in [2.24, 2.45) is 10.8 Å². The van der Waals surface area contributed by atoms with E-state index < -0.39 is 0 Å². The van der Waals surface area contributed by atoms with Crippen LogP contribution in [0, 0.1) is 10.8 Å². The van der Waals surface area contributed by atoms with Gasteiger partial charge in [-0.1, -0.05) is 12.8 Å². The molecule has 3 aliphatic rings. The number of carbonyl (C=O) groups excluding carboxylic acids is 1. The largest absolute Gasteiger partial charge is 0.299 e. The molecule has 3 rings (SSSR count). The zero-order chi connectivity index (χ0) is 9.65. The van der Waals surface area contributed by atoms with Gasteiger partial charge >= 0.3 is 0 Å². The highest BCUT2D eigenvalue weighted by Crippen LogP contribution is 2.61. The summed E-state index contributed by atoms with van der Waals surface area (Å²) in [7, 11) is 0. The van der Waals surface area contributed by atoms with Crippen molar-refractivity contribution in [2.45, 2.75) is 64.2 Å². The number of hydrogen-bond donors (Lipinski definition) is 0. The summed E-state index contributed by atoms with van der Waals surface area (Å²) < 4.78 is 0. The van der Waals surface area contributed by atoms with Crippen molar-refractivity contribution in [1.29, 1.82) is 0 Å². The van der Waals surface area contributed by atoms with Gasteiger partial charge in [0.1, 0.15) is 5.78 Å². The Morgan fingerprint density at radius 2 is 1.64 bits per heavy atom. The van der Waals surface area contributed by atoms with Crippen LogP contribution in [0.5, 0.6) is 0 Å². The molecular weight excluding hydrogens is 172 g/mol. The van der Waals surface area contributed by atoms with Gasteiger partial charge in [-0.2, -0.15) is 0 Å². The molecule has 0 aromatic carbocycles. The zero-order valence-electron chi connectivity index (χ0n) is 8.98. The Kier molecular flexibility index (Phi) is 1.81. The van der Waals surface area contributed by atoms with Gasteiger partial charge in [-0.3, -0.25) is 4.79 Å². The van der Waals surface area contributed by atoms with Crippen molar-refractivity contribution in [2.75, 3.05) is 0 Å². The fraction of sp³-hybridized carbons (Fsp3) is 0.923. The summed E-state index contributed by atoms with van der Waals surface area (Å²) in [5.74, 6) is 0.612. The highest BCUT2D eigenvalue weighted by molar-refractivity contribution is 5.87. The Morgan fingerprint density at radius 3 is 2.29 bits per heavy atom. The lowest BCUT2D eigenvalue weighted by Gasteiger charge is -2.26. The van der Waals surface area contributed by atoms with E-state index in [0.717, 1.165) is 6.42 Å². The number of hydrogen-bond acceptors (Lipinski definition) is 1. The van der Waals surface area contributed by atoms with Gasteiger partial charge in [0.25, 0.3) is 0 Å². The third-order valence-electron chi connectivity index (χ3n) is 5.16. The first kappa shape index (κ1) is 8.94. The lowest BCUT2D eigenvalue weighted by atomic mass is 9.77. The lowest BCUT2D eigenvalue weighted by Crippen LogP contribution is -2.24. The van der Waals surface area contributed by atoms with E-state index >= 15 is 0 Å². The minimum Gasteiger partial charge on any atom is -0.299 e. The van der Waals surface area contributed by atoms with Gasteiger partial charge in [0.15, 0.2) is 0 Å². The summed E-state index contributed by atoms with van der Waals surface area (Å²) in [6.45, 7) is 0. The topological polar surface area (TPSA) is 17.1 Å². The summed E-state index contributed by atoms with van der Waals surface area (Å²) in [5.41, 5.74) is 0.810. The quantitative estimate of drug-likeness (QED) is 0.574.